The molecule has 0 bridgehead atoms. The molecule has 176 valence electrons. The van der Waals surface area contributed by atoms with E-state index in [0.29, 0.717) is 22.8 Å². The van der Waals surface area contributed by atoms with Gasteiger partial charge in [-0.2, -0.15) is 0 Å². The monoisotopic (exact) mass is 448 g/mol. The van der Waals surface area contributed by atoms with Crippen LogP contribution in [0.4, 0.5) is 0 Å². The highest BCUT2D eigenvalue weighted by Gasteiger charge is 2.42. The van der Waals surface area contributed by atoms with Crippen molar-refractivity contribution in [2.75, 3.05) is 42.7 Å². The first-order chi connectivity index (χ1) is 15.4. The summed E-state index contributed by atoms with van der Waals surface area (Å²) in [6, 6.07) is 5.35. The maximum atomic E-state index is 10.4. The van der Waals surface area contributed by atoms with Gasteiger partial charge in [0.1, 0.15) is 0 Å². The highest BCUT2D eigenvalue weighted by molar-refractivity contribution is 5.82. The van der Waals surface area contributed by atoms with Crippen molar-refractivity contribution in [1.29, 1.82) is 0 Å². The predicted octanol–water partition coefficient (Wildman–Crippen LogP) is 4.42. The average molecular weight is 449 g/mol. The van der Waals surface area contributed by atoms with E-state index in [1.165, 1.54) is 14.2 Å². The van der Waals surface area contributed by atoms with E-state index in [0.717, 1.165) is 11.1 Å². The molecule has 0 unspecified atom stereocenters. The normalized spacial score (nSPS) is 22.5. The third kappa shape index (κ3) is 3.89. The van der Waals surface area contributed by atoms with Gasteiger partial charge in [-0.3, -0.25) is 0 Å². The van der Waals surface area contributed by atoms with Crippen LogP contribution in [-0.4, -0.2) is 54.1 Å². The van der Waals surface area contributed by atoms with Gasteiger partial charge < -0.3 is 38.3 Å². The minimum atomic E-state index is -0.342. The van der Waals surface area contributed by atoms with Crippen LogP contribution in [0.1, 0.15) is 25.5 Å². The Bertz CT molecular complexity index is 932. The summed E-state index contributed by atoms with van der Waals surface area (Å²) in [6.07, 6.45) is -0.643. The van der Waals surface area contributed by atoms with E-state index in [2.05, 4.69) is 13.8 Å². The van der Waals surface area contributed by atoms with Crippen molar-refractivity contribution < 1.29 is 38.3 Å². The second-order valence-corrected chi connectivity index (χ2v) is 7.72. The molecule has 1 heterocycles. The van der Waals surface area contributed by atoms with E-state index < -0.39 is 0 Å². The zero-order valence-electron chi connectivity index (χ0n) is 19.8. The summed E-state index contributed by atoms with van der Waals surface area (Å²) >= 11 is 0. The highest BCUT2D eigenvalue weighted by atomic mass is 16.7. The molecule has 2 aromatic rings. The SMILES string of the molecule is COc1cc(-c2c([C@@H]3O[C@@H](OC)[C@H](C)[C@H]3C)cc(OC)c(OC)c2OC)cc(OC)c1O. The second kappa shape index (κ2) is 9.75. The molecule has 1 aliphatic heterocycles. The van der Waals surface area contributed by atoms with Crippen LogP contribution in [0, 0.1) is 11.8 Å². The fraction of sp³-hybridized carbons (Fsp3) is 0.500. The van der Waals surface area contributed by atoms with Crippen molar-refractivity contribution in [2.45, 2.75) is 26.2 Å². The number of aromatic hydroxyl groups is 1. The molecule has 32 heavy (non-hydrogen) atoms. The Morgan fingerprint density at radius 3 is 1.72 bits per heavy atom. The Morgan fingerprint density at radius 2 is 1.28 bits per heavy atom. The zero-order valence-corrected chi connectivity index (χ0v) is 19.8. The molecular formula is C24H32O8. The predicted molar refractivity (Wildman–Crippen MR) is 119 cm³/mol. The molecule has 2 aromatic carbocycles. The molecule has 0 saturated carbocycles. The van der Waals surface area contributed by atoms with E-state index in [-0.39, 0.29) is 41.5 Å². The summed E-state index contributed by atoms with van der Waals surface area (Å²) < 4.78 is 39.7. The molecule has 1 saturated heterocycles. The van der Waals surface area contributed by atoms with Crippen LogP contribution < -0.4 is 23.7 Å². The van der Waals surface area contributed by atoms with Gasteiger partial charge in [0.25, 0.3) is 0 Å². The van der Waals surface area contributed by atoms with Crippen molar-refractivity contribution in [3.63, 3.8) is 0 Å². The molecule has 3 rings (SSSR count). The second-order valence-electron chi connectivity index (χ2n) is 7.72. The summed E-state index contributed by atoms with van der Waals surface area (Å²) in [5, 5.41) is 10.4. The first kappa shape index (κ1) is 23.8. The molecular weight excluding hydrogens is 416 g/mol. The van der Waals surface area contributed by atoms with E-state index in [9.17, 15) is 5.11 Å². The van der Waals surface area contributed by atoms with Crippen molar-refractivity contribution >= 4 is 0 Å². The van der Waals surface area contributed by atoms with E-state index in [4.69, 9.17) is 33.2 Å². The lowest BCUT2D eigenvalue weighted by Crippen LogP contribution is -2.17. The Morgan fingerprint density at radius 1 is 0.719 bits per heavy atom. The van der Waals surface area contributed by atoms with Crippen molar-refractivity contribution in [2.24, 2.45) is 11.8 Å². The summed E-state index contributed by atoms with van der Waals surface area (Å²) in [6.45, 7) is 4.22. The summed E-state index contributed by atoms with van der Waals surface area (Å²) in [5.74, 6) is 2.20. The molecule has 0 amide bonds. The van der Waals surface area contributed by atoms with Gasteiger partial charge in [0.2, 0.25) is 11.5 Å². The minimum absolute atomic E-state index is 0.0849. The van der Waals surface area contributed by atoms with Gasteiger partial charge in [-0.05, 0) is 35.2 Å². The molecule has 1 fully saturated rings. The van der Waals surface area contributed by atoms with Gasteiger partial charge >= 0.3 is 0 Å². The lowest BCUT2D eigenvalue weighted by Gasteiger charge is -2.25. The van der Waals surface area contributed by atoms with Crippen LogP contribution in [0.2, 0.25) is 0 Å². The number of methoxy groups -OCH3 is 6. The van der Waals surface area contributed by atoms with Crippen molar-refractivity contribution in [3.8, 4) is 45.6 Å². The Balaban J connectivity index is 2.36. The number of rotatable bonds is 8. The molecule has 8 heteroatoms. The highest BCUT2D eigenvalue weighted by Crippen LogP contribution is 2.54. The first-order valence-electron chi connectivity index (χ1n) is 10.3. The lowest BCUT2D eigenvalue weighted by atomic mass is 9.85. The molecule has 8 nitrogen and oxygen atoms in total. The molecule has 1 N–H and O–H groups in total. The van der Waals surface area contributed by atoms with Crippen LogP contribution in [-0.2, 0) is 9.47 Å². The molecule has 1 aliphatic rings. The molecule has 4 atom stereocenters. The molecule has 0 aliphatic carbocycles. The van der Waals surface area contributed by atoms with Crippen molar-refractivity contribution in [1.82, 2.24) is 0 Å². The van der Waals surface area contributed by atoms with Crippen LogP contribution in [0.25, 0.3) is 11.1 Å². The number of ether oxygens (including phenoxy) is 7. The molecule has 0 spiro atoms. The number of hydrogen-bond acceptors (Lipinski definition) is 8. The smallest absolute Gasteiger partial charge is 0.203 e. The van der Waals surface area contributed by atoms with Gasteiger partial charge in [-0.15, -0.1) is 0 Å². The third-order valence-electron chi connectivity index (χ3n) is 6.18. The zero-order chi connectivity index (χ0) is 23.6. The maximum Gasteiger partial charge on any atom is 0.203 e. The largest absolute Gasteiger partial charge is 0.502 e. The van der Waals surface area contributed by atoms with Crippen LogP contribution >= 0.6 is 0 Å². The number of phenolic OH excluding ortho intramolecular Hbond substituents is 1. The van der Waals surface area contributed by atoms with E-state index in [1.807, 2.05) is 6.07 Å². The van der Waals surface area contributed by atoms with Gasteiger partial charge in [0.15, 0.2) is 29.3 Å². The summed E-state index contributed by atoms with van der Waals surface area (Å²) in [7, 11) is 9.31. The van der Waals surface area contributed by atoms with Crippen molar-refractivity contribution in [3.05, 3.63) is 23.8 Å². The quantitative estimate of drug-likeness (QED) is 0.635. The number of phenols is 1. The number of hydrogen-bond donors (Lipinski definition) is 1. The van der Waals surface area contributed by atoms with Gasteiger partial charge in [0, 0.05) is 18.6 Å². The van der Waals surface area contributed by atoms with Crippen LogP contribution in [0.5, 0.6) is 34.5 Å². The molecule has 0 aromatic heterocycles. The van der Waals surface area contributed by atoms with Gasteiger partial charge in [-0.1, -0.05) is 13.8 Å². The van der Waals surface area contributed by atoms with E-state index >= 15 is 0 Å². The average Bonchev–Trinajstić information content (AvgIpc) is 3.11. The fourth-order valence-electron chi connectivity index (χ4n) is 4.28. The molecule has 0 radical (unpaired) electrons. The summed E-state index contributed by atoms with van der Waals surface area (Å²) in [5.41, 5.74) is 2.27. The van der Waals surface area contributed by atoms with Crippen LogP contribution in [0.15, 0.2) is 18.2 Å². The Kier molecular flexibility index (Phi) is 7.26. The first-order valence-corrected chi connectivity index (χ1v) is 10.3. The standard InChI is InChI=1S/C24H32O8/c1-12-13(2)24(31-8)32-21(12)15-11-18(28-5)22(29-6)23(30-7)19(15)14-9-16(26-3)20(25)17(10-14)27-4/h9-13,21,24-25H,1-8H3/t12-,13-,21-,24-/m1/s1. The van der Waals surface area contributed by atoms with Crippen LogP contribution in [0.3, 0.4) is 0 Å². The van der Waals surface area contributed by atoms with Gasteiger partial charge in [-0.25, -0.2) is 0 Å². The van der Waals surface area contributed by atoms with Gasteiger partial charge in [0.05, 0.1) is 41.7 Å². The number of benzene rings is 2. The Hall–Kier alpha value is -2.84. The fourth-order valence-corrected chi connectivity index (χ4v) is 4.28. The van der Waals surface area contributed by atoms with E-state index in [1.54, 1.807) is 40.6 Å². The third-order valence-corrected chi connectivity index (χ3v) is 6.18. The minimum Gasteiger partial charge on any atom is -0.502 e. The maximum absolute atomic E-state index is 10.4. The Labute approximate surface area is 188 Å². The lowest BCUT2D eigenvalue weighted by molar-refractivity contribution is -0.130. The topological polar surface area (TPSA) is 84.8 Å². The summed E-state index contributed by atoms with van der Waals surface area (Å²) in [4.78, 5) is 0.